The van der Waals surface area contributed by atoms with Gasteiger partial charge >= 0.3 is 0 Å². The van der Waals surface area contributed by atoms with Crippen LogP contribution >= 0.6 is 11.6 Å². The number of ether oxygens (including phenoxy) is 2. The second kappa shape index (κ2) is 6.25. The van der Waals surface area contributed by atoms with E-state index in [1.807, 2.05) is 41.1 Å². The van der Waals surface area contributed by atoms with E-state index in [-0.39, 0.29) is 0 Å². The Bertz CT molecular complexity index is 983. The van der Waals surface area contributed by atoms with Crippen LogP contribution in [0.5, 0.6) is 11.5 Å². The van der Waals surface area contributed by atoms with Crippen molar-refractivity contribution in [2.24, 2.45) is 0 Å². The molecule has 5 rings (SSSR count). The molecular weight excluding hydrogens is 350 g/mol. The van der Waals surface area contributed by atoms with Crippen LogP contribution in [0.3, 0.4) is 0 Å². The lowest BCUT2D eigenvalue weighted by Crippen LogP contribution is -2.15. The minimum Gasteiger partial charge on any atom is -0.486 e. The highest BCUT2D eigenvalue weighted by Crippen LogP contribution is 2.35. The van der Waals surface area contributed by atoms with E-state index in [4.69, 9.17) is 26.2 Å². The molecule has 2 aliphatic heterocycles. The van der Waals surface area contributed by atoms with E-state index in [0.717, 1.165) is 58.7 Å². The van der Waals surface area contributed by atoms with Gasteiger partial charge in [-0.2, -0.15) is 5.10 Å². The molecule has 0 radical (unpaired) electrons. The molecule has 2 aromatic carbocycles. The number of halogens is 1. The molecule has 1 N–H and O–H groups in total. The van der Waals surface area contributed by atoms with E-state index in [1.165, 1.54) is 5.56 Å². The van der Waals surface area contributed by atoms with E-state index in [0.29, 0.717) is 13.2 Å². The first-order valence-corrected chi connectivity index (χ1v) is 9.15. The normalized spacial score (nSPS) is 14.8. The minimum absolute atomic E-state index is 0.573. The number of aromatic nitrogens is 2. The van der Waals surface area contributed by atoms with Gasteiger partial charge in [0, 0.05) is 29.6 Å². The number of rotatable bonds is 3. The fraction of sp³-hybridized carbons (Fsp3) is 0.250. The number of nitrogens with zero attached hydrogens (tertiary/aromatic N) is 2. The summed E-state index contributed by atoms with van der Waals surface area (Å²) >= 11 is 6.35. The van der Waals surface area contributed by atoms with Gasteiger partial charge in [-0.25, -0.2) is 4.68 Å². The predicted octanol–water partition coefficient (Wildman–Crippen LogP) is 3.86. The molecule has 0 atom stereocenters. The molecule has 0 saturated carbocycles. The molecule has 0 fully saturated rings. The first-order chi connectivity index (χ1) is 12.8. The molecule has 1 aromatic heterocycles. The van der Waals surface area contributed by atoms with Crippen molar-refractivity contribution in [3.63, 3.8) is 0 Å². The highest BCUT2D eigenvalue weighted by atomic mass is 35.5. The lowest BCUT2D eigenvalue weighted by molar-refractivity contribution is 0.171. The summed E-state index contributed by atoms with van der Waals surface area (Å²) in [6.07, 6.45) is 1.70. The van der Waals surface area contributed by atoms with E-state index in [2.05, 4.69) is 11.4 Å². The number of hydrogen-bond acceptors (Lipinski definition) is 4. The summed E-state index contributed by atoms with van der Waals surface area (Å²) in [5.74, 6) is 2.61. The quantitative estimate of drug-likeness (QED) is 0.763. The Morgan fingerprint density at radius 2 is 1.92 bits per heavy atom. The Morgan fingerprint density at radius 1 is 1.08 bits per heavy atom. The monoisotopic (exact) mass is 367 g/mol. The average molecular weight is 368 g/mol. The van der Waals surface area contributed by atoms with Gasteiger partial charge in [0.2, 0.25) is 0 Å². The topological polar surface area (TPSA) is 48.3 Å². The van der Waals surface area contributed by atoms with Gasteiger partial charge in [0.1, 0.15) is 19.0 Å². The van der Waals surface area contributed by atoms with Gasteiger partial charge in [-0.15, -0.1) is 0 Å². The summed E-state index contributed by atoms with van der Waals surface area (Å²) in [6.45, 7) is 2.09. The van der Waals surface area contributed by atoms with Gasteiger partial charge in [0.05, 0.1) is 11.4 Å². The van der Waals surface area contributed by atoms with Crippen molar-refractivity contribution in [2.45, 2.75) is 12.8 Å². The van der Waals surface area contributed by atoms with E-state index in [1.54, 1.807) is 0 Å². The molecule has 0 saturated heterocycles. The Kier molecular flexibility index (Phi) is 3.75. The highest BCUT2D eigenvalue weighted by molar-refractivity contribution is 6.31. The van der Waals surface area contributed by atoms with Crippen LogP contribution in [0.15, 0.2) is 42.5 Å². The van der Waals surface area contributed by atoms with Gasteiger partial charge in [-0.05, 0) is 30.2 Å². The molecule has 3 aromatic rings. The van der Waals surface area contributed by atoms with Crippen LogP contribution in [-0.2, 0) is 12.8 Å². The number of hydrogen-bond donors (Lipinski definition) is 1. The summed E-state index contributed by atoms with van der Waals surface area (Å²) < 4.78 is 13.3. The molecule has 0 bridgehead atoms. The SMILES string of the molecule is Clc1ccccc1Cc1nn(-c2ccc3c(c2)OCCO3)c2c1CCN2. The van der Waals surface area contributed by atoms with Crippen molar-refractivity contribution in [2.75, 3.05) is 25.1 Å². The Balaban J connectivity index is 1.55. The van der Waals surface area contributed by atoms with Crippen LogP contribution in [0.25, 0.3) is 5.69 Å². The molecule has 2 aliphatic rings. The molecule has 132 valence electrons. The molecule has 0 unspecified atom stereocenters. The summed E-state index contributed by atoms with van der Waals surface area (Å²) in [6, 6.07) is 13.9. The second-order valence-corrected chi connectivity index (χ2v) is 6.87. The Labute approximate surface area is 156 Å². The minimum atomic E-state index is 0.573. The maximum atomic E-state index is 6.35. The fourth-order valence-electron chi connectivity index (χ4n) is 3.56. The van der Waals surface area contributed by atoms with Crippen molar-refractivity contribution in [3.05, 3.63) is 64.3 Å². The van der Waals surface area contributed by atoms with Crippen molar-refractivity contribution >= 4 is 17.4 Å². The summed E-state index contributed by atoms with van der Waals surface area (Å²) in [7, 11) is 0. The fourth-order valence-corrected chi connectivity index (χ4v) is 3.76. The van der Waals surface area contributed by atoms with Crippen molar-refractivity contribution in [1.82, 2.24) is 9.78 Å². The number of nitrogens with one attached hydrogen (secondary N) is 1. The second-order valence-electron chi connectivity index (χ2n) is 6.46. The number of fused-ring (bicyclic) bond motifs is 2. The van der Waals surface area contributed by atoms with Gasteiger partial charge in [0.25, 0.3) is 0 Å². The summed E-state index contributed by atoms with van der Waals surface area (Å²) in [4.78, 5) is 0. The van der Waals surface area contributed by atoms with Crippen LogP contribution in [-0.4, -0.2) is 29.5 Å². The van der Waals surface area contributed by atoms with Gasteiger partial charge in [-0.1, -0.05) is 29.8 Å². The predicted molar refractivity (Wildman–Crippen MR) is 101 cm³/mol. The van der Waals surface area contributed by atoms with Gasteiger partial charge in [-0.3, -0.25) is 0 Å². The van der Waals surface area contributed by atoms with Crippen LogP contribution in [0, 0.1) is 0 Å². The summed E-state index contributed by atoms with van der Waals surface area (Å²) in [5.41, 5.74) is 4.38. The largest absolute Gasteiger partial charge is 0.486 e. The molecule has 0 aliphatic carbocycles. The van der Waals surface area contributed by atoms with Crippen LogP contribution in [0.1, 0.15) is 16.8 Å². The maximum Gasteiger partial charge on any atom is 0.163 e. The Morgan fingerprint density at radius 3 is 2.81 bits per heavy atom. The Hall–Kier alpha value is -2.66. The summed E-state index contributed by atoms with van der Waals surface area (Å²) in [5, 5.41) is 9.13. The molecular formula is C20H18ClN3O2. The van der Waals surface area contributed by atoms with Crippen LogP contribution in [0.4, 0.5) is 5.82 Å². The third-order valence-corrected chi connectivity index (χ3v) is 5.19. The molecule has 3 heterocycles. The zero-order chi connectivity index (χ0) is 17.5. The van der Waals surface area contributed by atoms with Crippen molar-refractivity contribution in [1.29, 1.82) is 0 Å². The smallest absolute Gasteiger partial charge is 0.163 e. The third-order valence-electron chi connectivity index (χ3n) is 4.82. The van der Waals surface area contributed by atoms with Crippen molar-refractivity contribution in [3.8, 4) is 17.2 Å². The molecule has 6 heteroatoms. The molecule has 0 spiro atoms. The third kappa shape index (κ3) is 2.59. The zero-order valence-electron chi connectivity index (χ0n) is 14.2. The number of benzene rings is 2. The van der Waals surface area contributed by atoms with Crippen LogP contribution < -0.4 is 14.8 Å². The van der Waals surface area contributed by atoms with E-state index < -0.39 is 0 Å². The number of anilines is 1. The van der Waals surface area contributed by atoms with Gasteiger partial charge < -0.3 is 14.8 Å². The van der Waals surface area contributed by atoms with Gasteiger partial charge in [0.15, 0.2) is 11.5 Å². The van der Waals surface area contributed by atoms with E-state index in [9.17, 15) is 0 Å². The first kappa shape index (κ1) is 15.6. The first-order valence-electron chi connectivity index (χ1n) is 8.77. The maximum absolute atomic E-state index is 6.35. The molecule has 5 nitrogen and oxygen atoms in total. The molecule has 26 heavy (non-hydrogen) atoms. The van der Waals surface area contributed by atoms with Crippen molar-refractivity contribution < 1.29 is 9.47 Å². The molecule has 0 amide bonds. The average Bonchev–Trinajstić information content (AvgIpc) is 3.27. The van der Waals surface area contributed by atoms with E-state index >= 15 is 0 Å². The lowest BCUT2D eigenvalue weighted by atomic mass is 10.1. The van der Waals surface area contributed by atoms with Crippen LogP contribution in [0.2, 0.25) is 5.02 Å². The lowest BCUT2D eigenvalue weighted by Gasteiger charge is -2.19. The standard InChI is InChI=1S/C20H18ClN3O2/c21-16-4-2-1-3-13(16)11-17-15-7-8-22-20(15)24(23-17)14-5-6-18-19(12-14)26-10-9-25-18/h1-6,12,22H,7-11H2. The highest BCUT2D eigenvalue weighted by Gasteiger charge is 2.24. The zero-order valence-corrected chi connectivity index (χ0v) is 14.9.